The fourth-order valence-corrected chi connectivity index (χ4v) is 18.0. The summed E-state index contributed by atoms with van der Waals surface area (Å²) >= 11 is 9.91. The highest BCUT2D eigenvalue weighted by atomic mass is 35.5. The van der Waals surface area contributed by atoms with Gasteiger partial charge in [0.1, 0.15) is 26.4 Å². The van der Waals surface area contributed by atoms with E-state index in [0.29, 0.717) is 12.8 Å². The van der Waals surface area contributed by atoms with Crippen molar-refractivity contribution in [2.24, 2.45) is 11.8 Å². The molecule has 88 heavy (non-hydrogen) atoms. The zero-order valence-electron chi connectivity index (χ0n) is 52.4. The van der Waals surface area contributed by atoms with Gasteiger partial charge in [0.25, 0.3) is 16.6 Å². The third kappa shape index (κ3) is 25.4. The van der Waals surface area contributed by atoms with Crippen LogP contribution in [0.25, 0.3) is 0 Å². The number of carbonyl (C=O) groups is 8. The minimum Gasteiger partial charge on any atom is -0.459 e. The third-order valence-corrected chi connectivity index (χ3v) is 23.5. The smallest absolute Gasteiger partial charge is 0.334 e. The lowest BCUT2D eigenvalue weighted by Crippen LogP contribution is -2.67. The molecule has 0 aliphatic carbocycles. The first kappa shape index (κ1) is 76.1. The molecule has 484 valence electrons. The average molecular weight is 1300 g/mol. The Morgan fingerprint density at radius 2 is 0.727 bits per heavy atom. The van der Waals surface area contributed by atoms with E-state index in [9.17, 15) is 38.4 Å². The van der Waals surface area contributed by atoms with E-state index in [4.69, 9.17) is 69.9 Å². The monoisotopic (exact) mass is 1300 g/mol. The Kier molecular flexibility index (Phi) is 33.2. The molecule has 4 aliphatic rings. The number of benzene rings is 4. The summed E-state index contributed by atoms with van der Waals surface area (Å²) in [5.41, 5.74) is 0. The van der Waals surface area contributed by atoms with E-state index in [-0.39, 0.29) is 109 Å². The van der Waals surface area contributed by atoms with Gasteiger partial charge in [0, 0.05) is 18.8 Å². The summed E-state index contributed by atoms with van der Waals surface area (Å²) in [6.45, 7) is 24.3. The van der Waals surface area contributed by atoms with Crippen molar-refractivity contribution in [3.05, 3.63) is 121 Å². The van der Waals surface area contributed by atoms with Crippen molar-refractivity contribution in [3.63, 3.8) is 0 Å². The van der Waals surface area contributed by atoms with Crippen LogP contribution in [-0.2, 0) is 94.6 Å². The van der Waals surface area contributed by atoms with E-state index in [1.807, 2.05) is 86.6 Å². The Morgan fingerprint density at radius 1 is 0.455 bits per heavy atom. The van der Waals surface area contributed by atoms with Gasteiger partial charge in [-0.2, -0.15) is 0 Å². The molecule has 0 spiro atoms. The van der Waals surface area contributed by atoms with Crippen LogP contribution in [0.1, 0.15) is 109 Å². The van der Waals surface area contributed by atoms with E-state index < -0.39 is 53.7 Å². The second-order valence-electron chi connectivity index (χ2n) is 22.7. The molecule has 0 amide bonds. The second-order valence-corrected chi connectivity index (χ2v) is 32.1. The lowest BCUT2D eigenvalue weighted by molar-refractivity contribution is -0.164. The first-order chi connectivity index (χ1) is 41.6. The minimum atomic E-state index is -2.61. The quantitative estimate of drug-likeness (QED) is 0.0350. The molecule has 0 bridgehead atoms. The second kappa shape index (κ2) is 38.4. The van der Waals surface area contributed by atoms with Gasteiger partial charge in [0.05, 0.1) is 19.1 Å². The maximum atomic E-state index is 11.3. The first-order valence-corrected chi connectivity index (χ1v) is 33.6. The van der Waals surface area contributed by atoms with Crippen LogP contribution in [0.4, 0.5) is 0 Å². The van der Waals surface area contributed by atoms with Gasteiger partial charge in [0.2, 0.25) is 35.6 Å². The zero-order valence-corrected chi connectivity index (χ0v) is 55.9. The lowest BCUT2D eigenvalue weighted by atomic mass is 10.2. The summed E-state index contributed by atoms with van der Waals surface area (Å²) in [6.07, 6.45) is -0.235. The van der Waals surface area contributed by atoms with Gasteiger partial charge in [-0.05, 0) is 66.9 Å². The first-order valence-electron chi connectivity index (χ1n) is 29.0. The molecule has 4 aliphatic heterocycles. The predicted molar refractivity (Wildman–Crippen MR) is 334 cm³/mol. The van der Waals surface area contributed by atoms with Gasteiger partial charge in [-0.1, -0.05) is 204 Å². The van der Waals surface area contributed by atoms with E-state index in [1.165, 1.54) is 20.7 Å². The van der Waals surface area contributed by atoms with Gasteiger partial charge in [-0.25, -0.2) is 19.2 Å². The number of carbonyl (C=O) groups excluding carboxylic acids is 8. The topological polar surface area (TPSA) is 247 Å². The Bertz CT molecular complexity index is 2570. The molecule has 4 aromatic rings. The third-order valence-electron chi connectivity index (χ3n) is 12.9. The predicted octanol–water partition coefficient (Wildman–Crippen LogP) is 8.20. The molecule has 4 fully saturated rings. The molecule has 4 heterocycles. The largest absolute Gasteiger partial charge is 0.459 e. The fourth-order valence-electron chi connectivity index (χ4n) is 8.69. The minimum absolute atomic E-state index is 0.00518. The summed E-state index contributed by atoms with van der Waals surface area (Å²) in [6, 6.07) is 41.4. The number of cyclic esters (lactones) is 4. The van der Waals surface area contributed by atoms with E-state index in [1.54, 1.807) is 27.7 Å². The standard InChI is InChI=1S/2C20H24O4Si.2C8H12O5.2C4H7ClO/c2*1-20(2,3)25(16-10-6-4-7-11-16,17-12-8-5-9-13-17)23-15-19-22-14-18(21)24-19;1-5(2)8(10)12-4-7-11-3-6(9)13-7;1-2-3-6(9)11-5-8-12-4-7(10)13-8;1-3(2)4(5)6;1-2-3-4(5)6/h2*4-13,19H,14-15H2,1-3H3;5,7H,3-4H2,1-2H3;8H,2-5H2,1H3;3H,1-2H3;2-3H2,1H3/t2*19-;7-;8-;;/m1111../s1. The molecule has 0 saturated carbocycles. The van der Waals surface area contributed by atoms with Crippen LogP contribution < -0.4 is 20.7 Å². The maximum absolute atomic E-state index is 11.3. The number of ether oxygens (including phenoxy) is 10. The molecular weight excluding hydrogens is 1220 g/mol. The van der Waals surface area contributed by atoms with E-state index in [0.717, 1.165) is 12.8 Å². The van der Waals surface area contributed by atoms with Gasteiger partial charge >= 0.3 is 35.8 Å². The van der Waals surface area contributed by atoms with Crippen LogP contribution in [0.5, 0.6) is 0 Å². The van der Waals surface area contributed by atoms with Crippen molar-refractivity contribution in [3.8, 4) is 0 Å². The molecule has 0 N–H and O–H groups in total. The van der Waals surface area contributed by atoms with Crippen LogP contribution in [0.3, 0.4) is 0 Å². The number of esters is 6. The van der Waals surface area contributed by atoms with Crippen LogP contribution in [-0.4, -0.2) is 141 Å². The number of hydrogen-bond donors (Lipinski definition) is 0. The van der Waals surface area contributed by atoms with Crippen LogP contribution >= 0.6 is 23.2 Å². The van der Waals surface area contributed by atoms with Crippen LogP contribution in [0.15, 0.2) is 121 Å². The zero-order chi connectivity index (χ0) is 65.5. The van der Waals surface area contributed by atoms with E-state index in [2.05, 4.69) is 99.5 Å². The number of hydrogen-bond acceptors (Lipinski definition) is 20. The van der Waals surface area contributed by atoms with Crippen molar-refractivity contribution in [1.29, 1.82) is 0 Å². The van der Waals surface area contributed by atoms with Gasteiger partial charge in [0.15, 0.2) is 13.2 Å². The van der Waals surface area contributed by atoms with Crippen molar-refractivity contribution in [2.75, 3.05) is 52.9 Å². The highest BCUT2D eigenvalue weighted by molar-refractivity contribution is 7.00. The summed E-state index contributed by atoms with van der Waals surface area (Å²) in [7, 11) is -5.22. The van der Waals surface area contributed by atoms with Gasteiger partial charge < -0.3 is 56.2 Å². The van der Waals surface area contributed by atoms with Crippen molar-refractivity contribution < 1.29 is 94.6 Å². The molecule has 4 saturated heterocycles. The molecule has 0 unspecified atom stereocenters. The summed E-state index contributed by atoms with van der Waals surface area (Å²) < 4.78 is 62.9. The molecule has 20 nitrogen and oxygen atoms in total. The number of halogens is 2. The Labute approximate surface area is 528 Å². The molecule has 24 heteroatoms. The molecule has 0 radical (unpaired) electrons. The summed E-state index contributed by atoms with van der Waals surface area (Å²) in [5.74, 6) is -2.35. The fraction of sp³-hybridized carbons (Fsp3) is 0.500. The molecular formula is C64H86Cl2O20Si2. The SMILES string of the molecule is CC(C)(C)[Si](OC[C@@H]1OCC(=O)O1)(c1ccccc1)c1ccccc1.CC(C)(C)[Si](OC[C@@H]1OCC(=O)O1)(c1ccccc1)c1ccccc1.CC(C)C(=O)Cl.CC(C)C(=O)OC[C@@H]1OCC(=O)O1.CCCC(=O)Cl.CCCC(=O)OC[C@@H]1OCC(=O)O1. The summed E-state index contributed by atoms with van der Waals surface area (Å²) in [4.78, 5) is 85.3. The van der Waals surface area contributed by atoms with Gasteiger partial charge in [-0.3, -0.25) is 19.2 Å². The van der Waals surface area contributed by atoms with Crippen LogP contribution in [0, 0.1) is 11.8 Å². The Morgan fingerprint density at radius 3 is 0.932 bits per heavy atom. The molecule has 8 rings (SSSR count). The molecule has 4 aromatic carbocycles. The Hall–Kier alpha value is -6.19. The van der Waals surface area contributed by atoms with Crippen molar-refractivity contribution in [1.82, 2.24) is 0 Å². The highest BCUT2D eigenvalue weighted by Crippen LogP contribution is 2.38. The highest BCUT2D eigenvalue weighted by Gasteiger charge is 2.52. The average Bonchev–Trinajstić information content (AvgIpc) is 1.19. The van der Waals surface area contributed by atoms with Crippen LogP contribution in [0.2, 0.25) is 10.1 Å². The number of rotatable bonds is 20. The van der Waals surface area contributed by atoms with Gasteiger partial charge in [-0.15, -0.1) is 0 Å². The summed E-state index contributed by atoms with van der Waals surface area (Å²) in [5, 5.41) is 4.04. The molecule has 4 atom stereocenters. The maximum Gasteiger partial charge on any atom is 0.334 e. The van der Waals surface area contributed by atoms with Crippen molar-refractivity contribution >= 4 is 107 Å². The normalized spacial score (nSPS) is 17.9. The Balaban J connectivity index is 0.000000298. The molecule has 0 aromatic heterocycles. The lowest BCUT2D eigenvalue weighted by Gasteiger charge is -2.43. The van der Waals surface area contributed by atoms with E-state index >= 15 is 0 Å². The van der Waals surface area contributed by atoms with Crippen molar-refractivity contribution in [2.45, 2.75) is 144 Å².